The highest BCUT2D eigenvalue weighted by Gasteiger charge is 2.37. The molecule has 7 aromatic carbocycles. The maximum Gasteiger partial charge on any atom is 0.0620 e. The van der Waals surface area contributed by atoms with Crippen LogP contribution in [0.4, 0.5) is 0 Å². The molecule has 0 aliphatic heterocycles. The van der Waals surface area contributed by atoms with E-state index in [-0.39, 0.29) is 5.41 Å². The fourth-order valence-electron chi connectivity index (χ4n) is 8.27. The molecule has 0 saturated heterocycles. The van der Waals surface area contributed by atoms with E-state index in [0.29, 0.717) is 0 Å². The first-order valence-electron chi connectivity index (χ1n) is 15.8. The van der Waals surface area contributed by atoms with Gasteiger partial charge in [-0.15, -0.1) is 0 Å². The average molecular weight is 575 g/mol. The van der Waals surface area contributed by atoms with Crippen molar-refractivity contribution < 1.29 is 0 Å². The van der Waals surface area contributed by atoms with E-state index in [1.165, 1.54) is 88.0 Å². The first kappa shape index (κ1) is 24.8. The molecule has 2 aromatic heterocycles. The van der Waals surface area contributed by atoms with Crippen molar-refractivity contribution in [1.82, 2.24) is 9.13 Å². The lowest BCUT2D eigenvalue weighted by Gasteiger charge is -2.22. The fraction of sp³-hybridized carbons (Fsp3) is 0.0698. The van der Waals surface area contributed by atoms with Gasteiger partial charge in [-0.3, -0.25) is 0 Å². The molecule has 45 heavy (non-hydrogen) atoms. The van der Waals surface area contributed by atoms with Gasteiger partial charge in [0.2, 0.25) is 0 Å². The van der Waals surface area contributed by atoms with E-state index in [0.717, 1.165) is 0 Å². The summed E-state index contributed by atoms with van der Waals surface area (Å²) in [5, 5.41) is 7.63. The van der Waals surface area contributed by atoms with E-state index >= 15 is 0 Å². The Morgan fingerprint density at radius 2 is 1.11 bits per heavy atom. The van der Waals surface area contributed by atoms with Crippen LogP contribution < -0.4 is 0 Å². The van der Waals surface area contributed by atoms with Crippen molar-refractivity contribution in [2.75, 3.05) is 0 Å². The molecule has 0 atom stereocenters. The number of benzene rings is 7. The molecule has 0 saturated carbocycles. The lowest BCUT2D eigenvalue weighted by atomic mass is 9.82. The van der Waals surface area contributed by atoms with Crippen LogP contribution in [0.25, 0.3) is 76.9 Å². The van der Waals surface area contributed by atoms with Gasteiger partial charge in [0.1, 0.15) is 0 Å². The minimum atomic E-state index is -0.0639. The molecular weight excluding hydrogens is 544 g/mol. The van der Waals surface area contributed by atoms with Gasteiger partial charge in [0, 0.05) is 43.6 Å². The third-order valence-electron chi connectivity index (χ3n) is 10.3. The lowest BCUT2D eigenvalue weighted by Crippen LogP contribution is -2.15. The van der Waals surface area contributed by atoms with Gasteiger partial charge < -0.3 is 9.13 Å². The third-order valence-corrected chi connectivity index (χ3v) is 10.3. The zero-order valence-electron chi connectivity index (χ0n) is 25.3. The highest BCUT2D eigenvalue weighted by Crippen LogP contribution is 2.52. The molecule has 0 N–H and O–H groups in total. The molecule has 0 unspecified atom stereocenters. The van der Waals surface area contributed by atoms with Crippen molar-refractivity contribution in [3.8, 4) is 22.5 Å². The summed E-state index contributed by atoms with van der Waals surface area (Å²) < 4.78 is 4.97. The molecule has 2 heteroatoms. The van der Waals surface area contributed by atoms with Crippen LogP contribution in [0.15, 0.2) is 146 Å². The Labute approximate surface area is 261 Å². The maximum atomic E-state index is 2.55. The Kier molecular flexibility index (Phi) is 4.82. The first-order chi connectivity index (χ1) is 22.1. The molecule has 0 radical (unpaired) electrons. The molecule has 212 valence electrons. The van der Waals surface area contributed by atoms with Gasteiger partial charge in [-0.2, -0.15) is 0 Å². The van der Waals surface area contributed by atoms with Crippen LogP contribution in [-0.4, -0.2) is 9.13 Å². The number of nitrogens with zero attached hydrogens (tertiary/aromatic N) is 2. The van der Waals surface area contributed by atoms with Crippen LogP contribution in [0, 0.1) is 0 Å². The number of aromatic nitrogens is 2. The second-order valence-corrected chi connectivity index (χ2v) is 13.0. The first-order valence-corrected chi connectivity index (χ1v) is 15.8. The van der Waals surface area contributed by atoms with E-state index in [9.17, 15) is 0 Å². The van der Waals surface area contributed by atoms with Crippen LogP contribution in [0.3, 0.4) is 0 Å². The van der Waals surface area contributed by atoms with Crippen molar-refractivity contribution in [2.24, 2.45) is 0 Å². The second kappa shape index (κ2) is 8.74. The normalized spacial score (nSPS) is 13.7. The number of hydrogen-bond donors (Lipinski definition) is 0. The fourth-order valence-corrected chi connectivity index (χ4v) is 8.27. The molecule has 9 aromatic rings. The Morgan fingerprint density at radius 1 is 0.444 bits per heavy atom. The van der Waals surface area contributed by atoms with Crippen LogP contribution in [0.2, 0.25) is 0 Å². The van der Waals surface area contributed by atoms with E-state index in [2.05, 4.69) is 169 Å². The second-order valence-electron chi connectivity index (χ2n) is 13.0. The maximum absolute atomic E-state index is 2.55. The zero-order valence-corrected chi connectivity index (χ0v) is 25.3. The standard InChI is InChI=1S/C43H30N2/c1-43(2)35-18-9-6-17-32(35)41-36(43)19-12-22-39(41)45-38-21-11-7-15-29(38)31-24-23-27-25-34-30-16-8-10-20-37(30)44(28-13-4-3-5-14-28)40(34)26-33(27)42(31)45/h3-26H,1-2H3. The summed E-state index contributed by atoms with van der Waals surface area (Å²) >= 11 is 0. The van der Waals surface area contributed by atoms with Crippen LogP contribution >= 0.6 is 0 Å². The predicted octanol–water partition coefficient (Wildman–Crippen LogP) is 11.3. The third kappa shape index (κ3) is 3.18. The molecule has 10 rings (SSSR count). The molecule has 1 aliphatic carbocycles. The van der Waals surface area contributed by atoms with Gasteiger partial charge >= 0.3 is 0 Å². The summed E-state index contributed by atoms with van der Waals surface area (Å²) in [6.45, 7) is 4.73. The molecule has 2 nitrogen and oxygen atoms in total. The van der Waals surface area contributed by atoms with Crippen molar-refractivity contribution in [3.05, 3.63) is 157 Å². The molecule has 1 aliphatic rings. The Hall–Kier alpha value is -5.60. The minimum Gasteiger partial charge on any atom is -0.309 e. The lowest BCUT2D eigenvalue weighted by molar-refractivity contribution is 0.660. The van der Waals surface area contributed by atoms with Crippen molar-refractivity contribution >= 4 is 54.4 Å². The SMILES string of the molecule is CC1(C)c2ccccc2-c2c(-n3c4ccccc4c4ccc5cc6c7ccccc7n(-c7ccccc7)c6cc5c43)cccc21. The van der Waals surface area contributed by atoms with Gasteiger partial charge in [-0.25, -0.2) is 0 Å². The van der Waals surface area contributed by atoms with Gasteiger partial charge in [0.15, 0.2) is 0 Å². The van der Waals surface area contributed by atoms with Crippen molar-refractivity contribution in [3.63, 3.8) is 0 Å². The zero-order chi connectivity index (χ0) is 29.9. The summed E-state index contributed by atoms with van der Waals surface area (Å²) in [4.78, 5) is 0. The highest BCUT2D eigenvalue weighted by atomic mass is 15.0. The Balaban J connectivity index is 1.40. The monoisotopic (exact) mass is 574 g/mol. The summed E-state index contributed by atoms with van der Waals surface area (Å²) in [6, 6.07) is 53.8. The van der Waals surface area contributed by atoms with Crippen LogP contribution in [0.1, 0.15) is 25.0 Å². The van der Waals surface area contributed by atoms with Gasteiger partial charge in [-0.05, 0) is 64.5 Å². The Morgan fingerprint density at radius 3 is 1.93 bits per heavy atom. The number of fused-ring (bicyclic) bond motifs is 11. The number of para-hydroxylation sites is 3. The summed E-state index contributed by atoms with van der Waals surface area (Å²) in [5.74, 6) is 0. The predicted molar refractivity (Wildman–Crippen MR) is 190 cm³/mol. The topological polar surface area (TPSA) is 9.86 Å². The quantitative estimate of drug-likeness (QED) is 0.194. The number of rotatable bonds is 2. The van der Waals surface area contributed by atoms with E-state index < -0.39 is 0 Å². The summed E-state index contributed by atoms with van der Waals surface area (Å²) in [7, 11) is 0. The molecule has 0 amide bonds. The average Bonchev–Trinajstić information content (AvgIpc) is 3.68. The largest absolute Gasteiger partial charge is 0.309 e. The van der Waals surface area contributed by atoms with Crippen LogP contribution in [-0.2, 0) is 5.41 Å². The van der Waals surface area contributed by atoms with Crippen molar-refractivity contribution in [2.45, 2.75) is 19.3 Å². The van der Waals surface area contributed by atoms with E-state index in [1.54, 1.807) is 0 Å². The molecular formula is C43H30N2. The smallest absolute Gasteiger partial charge is 0.0620 e. The number of hydrogen-bond acceptors (Lipinski definition) is 0. The van der Waals surface area contributed by atoms with Gasteiger partial charge in [0.25, 0.3) is 0 Å². The molecule has 0 spiro atoms. The van der Waals surface area contributed by atoms with E-state index in [1.807, 2.05) is 0 Å². The van der Waals surface area contributed by atoms with Gasteiger partial charge in [0.05, 0.1) is 27.8 Å². The highest BCUT2D eigenvalue weighted by molar-refractivity contribution is 6.23. The van der Waals surface area contributed by atoms with Gasteiger partial charge in [-0.1, -0.05) is 117 Å². The van der Waals surface area contributed by atoms with Crippen molar-refractivity contribution in [1.29, 1.82) is 0 Å². The van der Waals surface area contributed by atoms with Crippen LogP contribution in [0.5, 0.6) is 0 Å². The molecule has 0 fully saturated rings. The summed E-state index contributed by atoms with van der Waals surface area (Å²) in [6.07, 6.45) is 0. The van der Waals surface area contributed by atoms with E-state index in [4.69, 9.17) is 0 Å². The summed E-state index contributed by atoms with van der Waals surface area (Å²) in [5.41, 5.74) is 12.8. The molecule has 0 bridgehead atoms. The minimum absolute atomic E-state index is 0.0639. The molecule has 2 heterocycles. The Bertz CT molecular complexity index is 2670.